The molecule has 0 saturated carbocycles. The summed E-state index contributed by atoms with van der Waals surface area (Å²) in [7, 11) is 0. The number of alkyl halides is 3. The van der Waals surface area contributed by atoms with Crippen molar-refractivity contribution >= 4 is 17.5 Å². The van der Waals surface area contributed by atoms with Crippen molar-refractivity contribution in [1.82, 2.24) is 9.97 Å². The van der Waals surface area contributed by atoms with E-state index in [9.17, 15) is 13.2 Å². The first kappa shape index (κ1) is 18.0. The average molecular weight is 338 g/mol. The topological polar surface area (TPSA) is 41.1 Å². The molecule has 1 aromatic heterocycles. The van der Waals surface area contributed by atoms with E-state index in [0.29, 0.717) is 5.82 Å². The normalized spacial score (nSPS) is 11.4. The van der Waals surface area contributed by atoms with Crippen LogP contribution in [0.1, 0.15) is 32.3 Å². The molecule has 7 heteroatoms. The van der Waals surface area contributed by atoms with E-state index >= 15 is 0 Å². The van der Waals surface area contributed by atoms with E-state index in [1.807, 2.05) is 0 Å². The number of hydrogen-bond donors (Lipinski definition) is 1. The highest BCUT2D eigenvalue weighted by Gasteiger charge is 2.33. The second-order valence-corrected chi connectivity index (χ2v) is 5.39. The van der Waals surface area contributed by atoms with Crippen molar-refractivity contribution in [2.75, 3.05) is 23.3 Å². The van der Waals surface area contributed by atoms with Gasteiger partial charge in [0.1, 0.15) is 5.82 Å². The van der Waals surface area contributed by atoms with Crippen LogP contribution in [0.4, 0.5) is 30.6 Å². The Morgan fingerprint density at radius 2 is 1.71 bits per heavy atom. The molecular weight excluding hydrogens is 317 g/mol. The molecular formula is C17H21F3N4. The van der Waals surface area contributed by atoms with Crippen molar-refractivity contribution in [3.05, 3.63) is 42.1 Å². The van der Waals surface area contributed by atoms with Crippen molar-refractivity contribution < 1.29 is 13.2 Å². The quantitative estimate of drug-likeness (QED) is 0.782. The molecule has 0 spiro atoms. The zero-order valence-corrected chi connectivity index (χ0v) is 13.8. The van der Waals surface area contributed by atoms with Gasteiger partial charge >= 0.3 is 6.18 Å². The van der Waals surface area contributed by atoms with Gasteiger partial charge in [0.25, 0.3) is 0 Å². The lowest BCUT2D eigenvalue weighted by Crippen LogP contribution is -2.26. The van der Waals surface area contributed by atoms with Crippen molar-refractivity contribution in [2.24, 2.45) is 0 Å². The molecule has 0 saturated heterocycles. The molecule has 130 valence electrons. The van der Waals surface area contributed by atoms with Gasteiger partial charge in [-0.15, -0.1) is 0 Å². The van der Waals surface area contributed by atoms with E-state index in [0.717, 1.165) is 32.0 Å². The maximum atomic E-state index is 13.1. The van der Waals surface area contributed by atoms with Crippen molar-refractivity contribution in [1.29, 1.82) is 0 Å². The summed E-state index contributed by atoms with van der Waals surface area (Å²) in [6, 6.07) is 7.07. The number of para-hydroxylation sites is 1. The van der Waals surface area contributed by atoms with Crippen LogP contribution < -0.4 is 10.2 Å². The van der Waals surface area contributed by atoms with Crippen LogP contribution in [0.2, 0.25) is 0 Å². The van der Waals surface area contributed by atoms with Crippen molar-refractivity contribution in [3.8, 4) is 0 Å². The van der Waals surface area contributed by atoms with Crippen LogP contribution in [-0.2, 0) is 6.18 Å². The molecule has 2 aromatic rings. The lowest BCUT2D eigenvalue weighted by atomic mass is 10.1. The second-order valence-electron chi connectivity index (χ2n) is 5.39. The van der Waals surface area contributed by atoms with Gasteiger partial charge in [0, 0.05) is 19.3 Å². The number of anilines is 3. The summed E-state index contributed by atoms with van der Waals surface area (Å²) in [5.74, 6) is 0.863. The Labute approximate surface area is 139 Å². The first-order chi connectivity index (χ1) is 11.5. The molecule has 0 amide bonds. The van der Waals surface area contributed by atoms with Crippen LogP contribution in [0, 0.1) is 0 Å². The van der Waals surface area contributed by atoms with E-state index < -0.39 is 11.7 Å². The summed E-state index contributed by atoms with van der Waals surface area (Å²) in [4.78, 5) is 10.5. The molecule has 1 heterocycles. The first-order valence-corrected chi connectivity index (χ1v) is 7.97. The Morgan fingerprint density at radius 1 is 1.04 bits per heavy atom. The third-order valence-electron chi connectivity index (χ3n) is 3.43. The molecule has 0 aliphatic carbocycles. The van der Waals surface area contributed by atoms with Gasteiger partial charge in [0.05, 0.1) is 11.3 Å². The summed E-state index contributed by atoms with van der Waals surface area (Å²) in [6.45, 7) is 5.82. The smallest absolute Gasteiger partial charge is 0.356 e. The number of rotatable bonds is 7. The Hall–Kier alpha value is -2.31. The molecule has 24 heavy (non-hydrogen) atoms. The third-order valence-corrected chi connectivity index (χ3v) is 3.43. The Morgan fingerprint density at radius 3 is 2.33 bits per heavy atom. The number of aromatic nitrogens is 2. The zero-order chi connectivity index (χ0) is 17.6. The molecule has 0 atom stereocenters. The van der Waals surface area contributed by atoms with Gasteiger partial charge in [0.2, 0.25) is 5.95 Å². The number of benzene rings is 1. The van der Waals surface area contributed by atoms with Gasteiger partial charge in [-0.05, 0) is 31.0 Å². The molecule has 0 fully saturated rings. The predicted octanol–water partition coefficient (Wildman–Crippen LogP) is 4.87. The maximum Gasteiger partial charge on any atom is 0.418 e. The molecule has 1 N–H and O–H groups in total. The minimum Gasteiger partial charge on any atom is -0.356 e. The molecule has 0 unspecified atom stereocenters. The summed E-state index contributed by atoms with van der Waals surface area (Å²) in [5.41, 5.74) is -0.794. The third kappa shape index (κ3) is 4.59. The van der Waals surface area contributed by atoms with Crippen LogP contribution in [0.15, 0.2) is 36.5 Å². The van der Waals surface area contributed by atoms with Crippen LogP contribution in [0.5, 0.6) is 0 Å². The summed E-state index contributed by atoms with van der Waals surface area (Å²) in [6.07, 6.45) is -0.954. The van der Waals surface area contributed by atoms with E-state index in [-0.39, 0.29) is 11.6 Å². The zero-order valence-electron chi connectivity index (χ0n) is 13.8. The van der Waals surface area contributed by atoms with E-state index in [1.165, 1.54) is 12.1 Å². The molecule has 1 aromatic carbocycles. The van der Waals surface area contributed by atoms with Gasteiger partial charge in [-0.2, -0.15) is 18.2 Å². The van der Waals surface area contributed by atoms with Gasteiger partial charge < -0.3 is 10.2 Å². The van der Waals surface area contributed by atoms with Gasteiger partial charge in [-0.1, -0.05) is 26.0 Å². The second kappa shape index (κ2) is 7.99. The largest absolute Gasteiger partial charge is 0.418 e. The molecule has 0 aliphatic rings. The number of nitrogens with one attached hydrogen (secondary N) is 1. The lowest BCUT2D eigenvalue weighted by Gasteiger charge is -2.23. The highest BCUT2D eigenvalue weighted by molar-refractivity contribution is 5.60. The van der Waals surface area contributed by atoms with Gasteiger partial charge in [0.15, 0.2) is 0 Å². The average Bonchev–Trinajstić information content (AvgIpc) is 2.54. The summed E-state index contributed by atoms with van der Waals surface area (Å²) >= 11 is 0. The Kier molecular flexibility index (Phi) is 6.00. The fourth-order valence-corrected chi connectivity index (χ4v) is 2.43. The molecule has 4 nitrogen and oxygen atoms in total. The molecule has 0 bridgehead atoms. The fourth-order valence-electron chi connectivity index (χ4n) is 2.43. The first-order valence-electron chi connectivity index (χ1n) is 7.97. The minimum atomic E-state index is -4.43. The highest BCUT2D eigenvalue weighted by Crippen LogP contribution is 2.35. The Balaban J connectivity index is 2.27. The summed E-state index contributed by atoms with van der Waals surface area (Å²) < 4.78 is 39.2. The van der Waals surface area contributed by atoms with Gasteiger partial charge in [-0.25, -0.2) is 4.98 Å². The Bertz CT molecular complexity index is 652. The monoisotopic (exact) mass is 338 g/mol. The number of halogens is 3. The standard InChI is InChI=1S/C17H21F3N4/c1-3-11-24(12-4-2)15-9-10-21-16(23-15)22-14-8-6-5-7-13(14)17(18,19)20/h5-10H,3-4,11-12H2,1-2H3,(H,21,22,23). The van der Waals surface area contributed by atoms with Crippen LogP contribution in [-0.4, -0.2) is 23.1 Å². The van der Waals surface area contributed by atoms with Gasteiger partial charge in [-0.3, -0.25) is 0 Å². The van der Waals surface area contributed by atoms with E-state index in [1.54, 1.807) is 18.3 Å². The summed E-state index contributed by atoms with van der Waals surface area (Å²) in [5, 5.41) is 2.69. The predicted molar refractivity (Wildman–Crippen MR) is 89.6 cm³/mol. The maximum absolute atomic E-state index is 13.1. The fraction of sp³-hybridized carbons (Fsp3) is 0.412. The number of nitrogens with zero attached hydrogens (tertiary/aromatic N) is 3. The van der Waals surface area contributed by atoms with E-state index in [4.69, 9.17) is 0 Å². The molecule has 0 aliphatic heterocycles. The lowest BCUT2D eigenvalue weighted by molar-refractivity contribution is -0.136. The minimum absolute atomic E-state index is 0.0558. The van der Waals surface area contributed by atoms with Crippen LogP contribution in [0.25, 0.3) is 0 Å². The van der Waals surface area contributed by atoms with E-state index in [2.05, 4.69) is 34.0 Å². The SMILES string of the molecule is CCCN(CCC)c1ccnc(Nc2ccccc2C(F)(F)F)n1. The van der Waals surface area contributed by atoms with Crippen LogP contribution >= 0.6 is 0 Å². The van der Waals surface area contributed by atoms with Crippen LogP contribution in [0.3, 0.4) is 0 Å². The molecule has 2 rings (SSSR count). The van der Waals surface area contributed by atoms with Crippen molar-refractivity contribution in [2.45, 2.75) is 32.9 Å². The number of hydrogen-bond acceptors (Lipinski definition) is 4. The van der Waals surface area contributed by atoms with Crippen molar-refractivity contribution in [3.63, 3.8) is 0 Å². The molecule has 0 radical (unpaired) electrons. The highest BCUT2D eigenvalue weighted by atomic mass is 19.4.